The van der Waals surface area contributed by atoms with Crippen LogP contribution in [0.15, 0.2) is 48.5 Å². The monoisotopic (exact) mass is 301 g/mol. The van der Waals surface area contributed by atoms with Crippen LogP contribution in [0.5, 0.6) is 5.75 Å². The number of ether oxygens (including phenoxy) is 1. The van der Waals surface area contributed by atoms with Crippen LogP contribution in [-0.2, 0) is 11.2 Å². The average Bonchev–Trinajstić information content (AvgIpc) is 2.54. The van der Waals surface area contributed by atoms with Gasteiger partial charge in [-0.2, -0.15) is 0 Å². The van der Waals surface area contributed by atoms with Crippen molar-refractivity contribution in [1.82, 2.24) is 5.32 Å². The molecular weight excluding hydrogens is 281 g/mol. The third kappa shape index (κ3) is 4.32. The Kier molecular flexibility index (Phi) is 5.53. The maximum absolute atomic E-state index is 12.8. The van der Waals surface area contributed by atoms with Gasteiger partial charge in [0.25, 0.3) is 0 Å². The lowest BCUT2D eigenvalue weighted by molar-refractivity contribution is -0.121. The van der Waals surface area contributed by atoms with Crippen molar-refractivity contribution in [3.05, 3.63) is 65.5 Å². The Morgan fingerprint density at radius 1 is 1.18 bits per heavy atom. The Morgan fingerprint density at radius 2 is 1.86 bits per heavy atom. The lowest BCUT2D eigenvalue weighted by atomic mass is 10.1. The molecule has 2 aromatic carbocycles. The molecule has 0 fully saturated rings. The molecule has 0 aliphatic heterocycles. The van der Waals surface area contributed by atoms with Gasteiger partial charge in [-0.15, -0.1) is 0 Å². The van der Waals surface area contributed by atoms with E-state index in [2.05, 4.69) is 5.32 Å². The molecule has 3 nitrogen and oxygen atoms in total. The molecule has 0 heterocycles. The Morgan fingerprint density at radius 3 is 2.55 bits per heavy atom. The van der Waals surface area contributed by atoms with E-state index < -0.39 is 0 Å². The zero-order chi connectivity index (χ0) is 15.9. The van der Waals surface area contributed by atoms with Crippen molar-refractivity contribution in [2.24, 2.45) is 0 Å². The number of carbonyl (C=O) groups excluding carboxylic acids is 1. The fraction of sp³-hybridized carbons (Fsp3) is 0.278. The number of carbonyl (C=O) groups is 1. The summed E-state index contributed by atoms with van der Waals surface area (Å²) in [5.41, 5.74) is 1.89. The van der Waals surface area contributed by atoms with Crippen LogP contribution in [0.25, 0.3) is 0 Å². The van der Waals surface area contributed by atoms with Crippen LogP contribution in [0, 0.1) is 5.82 Å². The van der Waals surface area contributed by atoms with Crippen LogP contribution in [0.3, 0.4) is 0 Å². The highest BCUT2D eigenvalue weighted by Crippen LogP contribution is 2.24. The summed E-state index contributed by atoms with van der Waals surface area (Å²) < 4.78 is 18.1. The number of amides is 1. The predicted molar refractivity (Wildman–Crippen MR) is 84.3 cm³/mol. The fourth-order valence-corrected chi connectivity index (χ4v) is 2.32. The summed E-state index contributed by atoms with van der Waals surface area (Å²) in [4.78, 5) is 12.0. The van der Waals surface area contributed by atoms with Gasteiger partial charge in [-0.3, -0.25) is 4.79 Å². The van der Waals surface area contributed by atoms with E-state index in [1.54, 1.807) is 19.2 Å². The highest BCUT2D eigenvalue weighted by molar-refractivity contribution is 5.76. The predicted octanol–water partition coefficient (Wildman–Crippen LogP) is 3.64. The van der Waals surface area contributed by atoms with Crippen LogP contribution >= 0.6 is 0 Å². The zero-order valence-corrected chi connectivity index (χ0v) is 12.8. The summed E-state index contributed by atoms with van der Waals surface area (Å²) in [6.07, 6.45) is 0.954. The molecule has 2 aromatic rings. The van der Waals surface area contributed by atoms with E-state index in [1.165, 1.54) is 12.1 Å². The van der Waals surface area contributed by atoms with Crippen LogP contribution in [0.4, 0.5) is 4.39 Å². The van der Waals surface area contributed by atoms with Crippen molar-refractivity contribution < 1.29 is 13.9 Å². The molecule has 1 atom stereocenters. The van der Waals surface area contributed by atoms with E-state index in [1.807, 2.05) is 31.2 Å². The maximum atomic E-state index is 12.8. The highest BCUT2D eigenvalue weighted by atomic mass is 19.1. The van der Waals surface area contributed by atoms with Gasteiger partial charge < -0.3 is 10.1 Å². The second kappa shape index (κ2) is 7.59. The molecule has 0 saturated carbocycles. The lowest BCUT2D eigenvalue weighted by Crippen LogP contribution is -2.27. The Hall–Kier alpha value is -2.36. The van der Waals surface area contributed by atoms with Crippen LogP contribution in [0.1, 0.15) is 30.5 Å². The van der Waals surface area contributed by atoms with Gasteiger partial charge >= 0.3 is 0 Å². The van der Waals surface area contributed by atoms with E-state index in [0.29, 0.717) is 12.8 Å². The summed E-state index contributed by atoms with van der Waals surface area (Å²) in [5.74, 6) is 0.453. The van der Waals surface area contributed by atoms with Gasteiger partial charge in [0.05, 0.1) is 13.2 Å². The van der Waals surface area contributed by atoms with Gasteiger partial charge in [-0.1, -0.05) is 30.3 Å². The number of hydrogen-bond acceptors (Lipinski definition) is 2. The first-order chi connectivity index (χ1) is 10.6. The second-order valence-electron chi connectivity index (χ2n) is 5.16. The molecule has 116 valence electrons. The van der Waals surface area contributed by atoms with Gasteiger partial charge in [0.1, 0.15) is 11.6 Å². The average molecular weight is 301 g/mol. The zero-order valence-electron chi connectivity index (χ0n) is 12.8. The Bertz CT molecular complexity index is 625. The quantitative estimate of drug-likeness (QED) is 0.884. The molecule has 22 heavy (non-hydrogen) atoms. The number of aryl methyl sites for hydroxylation is 1. The van der Waals surface area contributed by atoms with E-state index in [-0.39, 0.29) is 17.8 Å². The first-order valence-corrected chi connectivity index (χ1v) is 7.27. The summed E-state index contributed by atoms with van der Waals surface area (Å²) >= 11 is 0. The van der Waals surface area contributed by atoms with E-state index >= 15 is 0 Å². The standard InChI is InChI=1S/C18H20FNO2/c1-13(16-5-3-4-6-17(16)22-2)20-18(21)12-9-14-7-10-15(19)11-8-14/h3-8,10-11,13H,9,12H2,1-2H3,(H,20,21). The first-order valence-electron chi connectivity index (χ1n) is 7.27. The largest absolute Gasteiger partial charge is 0.496 e. The molecule has 0 spiro atoms. The minimum atomic E-state index is -0.266. The number of para-hydroxylation sites is 1. The summed E-state index contributed by atoms with van der Waals surface area (Å²) in [5, 5.41) is 2.96. The number of nitrogens with one attached hydrogen (secondary N) is 1. The van der Waals surface area contributed by atoms with E-state index in [4.69, 9.17) is 4.74 Å². The molecule has 2 rings (SSSR count). The van der Waals surface area contributed by atoms with Gasteiger partial charge in [0, 0.05) is 12.0 Å². The molecule has 0 aliphatic rings. The van der Waals surface area contributed by atoms with Crippen LogP contribution in [-0.4, -0.2) is 13.0 Å². The molecule has 0 aromatic heterocycles. The van der Waals surface area contributed by atoms with E-state index in [0.717, 1.165) is 16.9 Å². The van der Waals surface area contributed by atoms with E-state index in [9.17, 15) is 9.18 Å². The highest BCUT2D eigenvalue weighted by Gasteiger charge is 2.13. The summed E-state index contributed by atoms with van der Waals surface area (Å²) in [6, 6.07) is 13.7. The van der Waals surface area contributed by atoms with Crippen molar-refractivity contribution >= 4 is 5.91 Å². The molecule has 1 N–H and O–H groups in total. The third-order valence-electron chi connectivity index (χ3n) is 3.54. The van der Waals surface area contributed by atoms with Crippen molar-refractivity contribution in [2.45, 2.75) is 25.8 Å². The SMILES string of the molecule is COc1ccccc1C(C)NC(=O)CCc1ccc(F)cc1. The van der Waals surface area contributed by atoms with Gasteiger partial charge in [0.2, 0.25) is 5.91 Å². The second-order valence-corrected chi connectivity index (χ2v) is 5.16. The number of hydrogen-bond donors (Lipinski definition) is 1. The van der Waals surface area contributed by atoms with Crippen molar-refractivity contribution in [1.29, 1.82) is 0 Å². The van der Waals surface area contributed by atoms with Crippen molar-refractivity contribution in [2.75, 3.05) is 7.11 Å². The molecule has 1 unspecified atom stereocenters. The van der Waals surface area contributed by atoms with Gasteiger partial charge in [-0.05, 0) is 37.1 Å². The fourth-order valence-electron chi connectivity index (χ4n) is 2.32. The molecule has 0 bridgehead atoms. The number of methoxy groups -OCH3 is 1. The minimum Gasteiger partial charge on any atom is -0.496 e. The topological polar surface area (TPSA) is 38.3 Å². The molecular formula is C18H20FNO2. The maximum Gasteiger partial charge on any atom is 0.220 e. The Balaban J connectivity index is 1.90. The number of rotatable bonds is 6. The smallest absolute Gasteiger partial charge is 0.220 e. The molecule has 0 saturated heterocycles. The van der Waals surface area contributed by atoms with Gasteiger partial charge in [0.15, 0.2) is 0 Å². The minimum absolute atomic E-state index is 0.0391. The van der Waals surface area contributed by atoms with Gasteiger partial charge in [-0.25, -0.2) is 4.39 Å². The summed E-state index contributed by atoms with van der Waals surface area (Å²) in [6.45, 7) is 1.92. The van der Waals surface area contributed by atoms with Crippen molar-refractivity contribution in [3.8, 4) is 5.75 Å². The molecule has 0 aliphatic carbocycles. The molecule has 0 radical (unpaired) electrons. The molecule has 4 heteroatoms. The van der Waals surface area contributed by atoms with Crippen LogP contribution < -0.4 is 10.1 Å². The Labute approximate surface area is 130 Å². The first kappa shape index (κ1) is 16.0. The normalized spacial score (nSPS) is 11.8. The number of halogens is 1. The number of benzene rings is 2. The molecule has 1 amide bonds. The summed E-state index contributed by atoms with van der Waals surface area (Å²) in [7, 11) is 1.61. The third-order valence-corrected chi connectivity index (χ3v) is 3.54. The lowest BCUT2D eigenvalue weighted by Gasteiger charge is -2.17. The van der Waals surface area contributed by atoms with Crippen LogP contribution in [0.2, 0.25) is 0 Å². The van der Waals surface area contributed by atoms with Crippen molar-refractivity contribution in [3.63, 3.8) is 0 Å².